The molecule has 0 bridgehead atoms. The van der Waals surface area contributed by atoms with E-state index in [-0.39, 0.29) is 0 Å². The number of fused-ring (bicyclic) bond motifs is 1. The van der Waals surface area contributed by atoms with E-state index >= 15 is 0 Å². The minimum atomic E-state index is 0.373. The zero-order valence-electron chi connectivity index (χ0n) is 18.4. The average molecular weight is 419 g/mol. The summed E-state index contributed by atoms with van der Waals surface area (Å²) in [5.74, 6) is 7.46. The van der Waals surface area contributed by atoms with Gasteiger partial charge in [-0.05, 0) is 43.7 Å². The summed E-state index contributed by atoms with van der Waals surface area (Å²) in [6.45, 7) is 7.19. The number of hydrogen-bond acceptors (Lipinski definition) is 5. The number of aromatic nitrogens is 4. The van der Waals surface area contributed by atoms with Gasteiger partial charge in [0.25, 0.3) is 0 Å². The van der Waals surface area contributed by atoms with Crippen LogP contribution in [0.3, 0.4) is 0 Å². The number of rotatable bonds is 2. The largest absolute Gasteiger partial charge is 0.381 e. The molecule has 0 atom stereocenters. The molecule has 3 aromatic heterocycles. The Balaban J connectivity index is 0.00000112. The van der Waals surface area contributed by atoms with Gasteiger partial charge in [0.2, 0.25) is 5.82 Å². The van der Waals surface area contributed by atoms with Gasteiger partial charge >= 0.3 is 0 Å². The summed E-state index contributed by atoms with van der Waals surface area (Å²) >= 11 is 0. The van der Waals surface area contributed by atoms with E-state index in [0.29, 0.717) is 17.8 Å². The van der Waals surface area contributed by atoms with Crippen LogP contribution in [0.25, 0.3) is 22.2 Å². The van der Waals surface area contributed by atoms with Crippen LogP contribution in [0.1, 0.15) is 51.4 Å². The Morgan fingerprint density at radius 3 is 2.48 bits per heavy atom. The standard InChI is InChI=1S/C23H24N4O2.C2H6/c1(17-5-11-28-12-6-17)2-23-25-10-4-21(26-23)20-16-27(18-7-13-29-14-8-18)22-15-24-9-3-19(20)22;1-2/h3-4,9-10,15-18H,5-8,11-14H2;1-2H3. The lowest BCUT2D eigenvalue weighted by molar-refractivity contribution is 0.0707. The van der Waals surface area contributed by atoms with Crippen LogP contribution >= 0.6 is 0 Å². The topological polar surface area (TPSA) is 62.1 Å². The van der Waals surface area contributed by atoms with Crippen molar-refractivity contribution in [1.82, 2.24) is 19.5 Å². The smallest absolute Gasteiger partial charge is 0.205 e. The minimum absolute atomic E-state index is 0.373. The van der Waals surface area contributed by atoms with Gasteiger partial charge in [0.1, 0.15) is 0 Å². The van der Waals surface area contributed by atoms with Gasteiger partial charge in [-0.2, -0.15) is 0 Å². The number of nitrogens with zero attached hydrogens (tertiary/aromatic N) is 4. The van der Waals surface area contributed by atoms with E-state index in [2.05, 4.69) is 38.6 Å². The molecule has 5 rings (SSSR count). The van der Waals surface area contributed by atoms with Crippen molar-refractivity contribution in [3.05, 3.63) is 42.7 Å². The van der Waals surface area contributed by atoms with Crippen LogP contribution in [0.2, 0.25) is 0 Å². The van der Waals surface area contributed by atoms with Crippen LogP contribution in [0.15, 0.2) is 36.9 Å². The van der Waals surface area contributed by atoms with E-state index in [9.17, 15) is 0 Å². The average Bonchev–Trinajstić information content (AvgIpc) is 3.25. The van der Waals surface area contributed by atoms with Crippen molar-refractivity contribution in [3.8, 4) is 23.1 Å². The van der Waals surface area contributed by atoms with E-state index in [1.807, 2.05) is 32.3 Å². The Hall–Kier alpha value is -2.75. The molecule has 0 unspecified atom stereocenters. The second-order valence-electron chi connectivity index (χ2n) is 7.61. The molecule has 6 nitrogen and oxygen atoms in total. The SMILES string of the molecule is C(#CC1CCOCC1)c1nccc(-c2cn(C3CCOCC3)c3cnccc23)n1.CC. The molecule has 3 aromatic rings. The van der Waals surface area contributed by atoms with Gasteiger partial charge in [-0.3, -0.25) is 4.98 Å². The Bertz CT molecular complexity index is 1050. The van der Waals surface area contributed by atoms with Crippen LogP contribution in [0.5, 0.6) is 0 Å². The van der Waals surface area contributed by atoms with Gasteiger partial charge in [0.05, 0.1) is 17.4 Å². The summed E-state index contributed by atoms with van der Waals surface area (Å²) in [5.41, 5.74) is 3.14. The zero-order valence-corrected chi connectivity index (χ0v) is 18.4. The summed E-state index contributed by atoms with van der Waals surface area (Å²) < 4.78 is 13.3. The van der Waals surface area contributed by atoms with Crippen molar-refractivity contribution in [3.63, 3.8) is 0 Å². The molecule has 0 saturated carbocycles. The zero-order chi connectivity index (χ0) is 21.5. The van der Waals surface area contributed by atoms with Crippen LogP contribution in [-0.4, -0.2) is 45.9 Å². The fourth-order valence-electron chi connectivity index (χ4n) is 4.14. The fourth-order valence-corrected chi connectivity index (χ4v) is 4.14. The molecule has 2 aliphatic heterocycles. The molecular formula is C25H30N4O2. The van der Waals surface area contributed by atoms with E-state index in [0.717, 1.165) is 74.3 Å². The molecule has 0 N–H and O–H groups in total. The molecule has 2 fully saturated rings. The first-order valence-corrected chi connectivity index (χ1v) is 11.3. The molecule has 162 valence electrons. The number of ether oxygens (including phenoxy) is 2. The highest BCUT2D eigenvalue weighted by atomic mass is 16.5. The lowest BCUT2D eigenvalue weighted by atomic mass is 10.0. The molecule has 5 heterocycles. The van der Waals surface area contributed by atoms with Crippen molar-refractivity contribution in [2.75, 3.05) is 26.4 Å². The van der Waals surface area contributed by atoms with Crippen molar-refractivity contribution in [2.24, 2.45) is 5.92 Å². The van der Waals surface area contributed by atoms with E-state index < -0.39 is 0 Å². The third-order valence-electron chi connectivity index (χ3n) is 5.76. The van der Waals surface area contributed by atoms with Crippen LogP contribution < -0.4 is 0 Å². The quantitative estimate of drug-likeness (QED) is 0.567. The molecule has 6 heteroatoms. The predicted molar refractivity (Wildman–Crippen MR) is 122 cm³/mol. The van der Waals surface area contributed by atoms with Gasteiger partial charge in [0.15, 0.2) is 0 Å². The Morgan fingerprint density at radius 1 is 0.968 bits per heavy atom. The van der Waals surface area contributed by atoms with Crippen molar-refractivity contribution in [2.45, 2.75) is 45.6 Å². The van der Waals surface area contributed by atoms with Gasteiger partial charge in [-0.1, -0.05) is 19.8 Å². The molecule has 0 aliphatic carbocycles. The predicted octanol–water partition coefficient (Wildman–Crippen LogP) is 4.65. The highest BCUT2D eigenvalue weighted by Crippen LogP contribution is 2.33. The molecule has 0 radical (unpaired) electrons. The lowest BCUT2D eigenvalue weighted by Gasteiger charge is -2.24. The summed E-state index contributed by atoms with van der Waals surface area (Å²) in [6.07, 6.45) is 11.8. The molecule has 2 saturated heterocycles. The van der Waals surface area contributed by atoms with Gasteiger partial charge in [-0.25, -0.2) is 9.97 Å². The first-order chi connectivity index (χ1) is 15.4. The Morgan fingerprint density at radius 2 is 1.71 bits per heavy atom. The Kier molecular flexibility index (Phi) is 7.29. The number of hydrogen-bond donors (Lipinski definition) is 0. The second-order valence-corrected chi connectivity index (χ2v) is 7.61. The van der Waals surface area contributed by atoms with Gasteiger partial charge in [0, 0.05) is 67.9 Å². The van der Waals surface area contributed by atoms with Crippen LogP contribution in [0, 0.1) is 17.8 Å². The summed E-state index contributed by atoms with van der Waals surface area (Å²) in [6, 6.07) is 4.46. The molecule has 2 aliphatic rings. The summed E-state index contributed by atoms with van der Waals surface area (Å²) in [5, 5.41) is 1.16. The molecule has 0 amide bonds. The van der Waals surface area contributed by atoms with Crippen LogP contribution in [-0.2, 0) is 9.47 Å². The molecule has 0 aromatic carbocycles. The van der Waals surface area contributed by atoms with Crippen molar-refractivity contribution >= 4 is 10.9 Å². The second kappa shape index (κ2) is 10.5. The van der Waals surface area contributed by atoms with Crippen molar-refractivity contribution in [1.29, 1.82) is 0 Å². The highest BCUT2D eigenvalue weighted by Gasteiger charge is 2.20. The van der Waals surface area contributed by atoms with Gasteiger partial charge < -0.3 is 14.0 Å². The first kappa shape index (κ1) is 21.5. The van der Waals surface area contributed by atoms with E-state index in [4.69, 9.17) is 14.5 Å². The summed E-state index contributed by atoms with van der Waals surface area (Å²) in [7, 11) is 0. The molecule has 0 spiro atoms. The van der Waals surface area contributed by atoms with Crippen molar-refractivity contribution < 1.29 is 9.47 Å². The lowest BCUT2D eigenvalue weighted by Crippen LogP contribution is -2.18. The minimum Gasteiger partial charge on any atom is -0.381 e. The monoisotopic (exact) mass is 418 g/mol. The highest BCUT2D eigenvalue weighted by molar-refractivity contribution is 5.94. The maximum Gasteiger partial charge on any atom is 0.205 e. The van der Waals surface area contributed by atoms with E-state index in [1.165, 1.54) is 0 Å². The normalized spacial score (nSPS) is 17.5. The maximum absolute atomic E-state index is 5.54. The third kappa shape index (κ3) is 4.95. The Labute approximate surface area is 184 Å². The fraction of sp³-hybridized carbons (Fsp3) is 0.480. The maximum atomic E-state index is 5.54. The molecular weight excluding hydrogens is 388 g/mol. The number of pyridine rings is 1. The third-order valence-corrected chi connectivity index (χ3v) is 5.76. The van der Waals surface area contributed by atoms with Gasteiger partial charge in [-0.15, -0.1) is 0 Å². The molecule has 31 heavy (non-hydrogen) atoms. The summed E-state index contributed by atoms with van der Waals surface area (Å²) in [4.78, 5) is 13.5. The first-order valence-electron chi connectivity index (χ1n) is 11.3. The van der Waals surface area contributed by atoms with E-state index in [1.54, 1.807) is 6.20 Å². The van der Waals surface area contributed by atoms with Crippen LogP contribution in [0.4, 0.5) is 0 Å².